The van der Waals surface area contributed by atoms with Crippen LogP contribution in [-0.4, -0.2) is 36.5 Å². The van der Waals surface area contributed by atoms with Crippen molar-refractivity contribution < 1.29 is 19.1 Å². The number of ether oxygens (including phenoxy) is 2. The molecule has 0 aliphatic carbocycles. The molecule has 2 aromatic carbocycles. The van der Waals surface area contributed by atoms with Crippen LogP contribution in [0.2, 0.25) is 0 Å². The maximum Gasteiger partial charge on any atom is 0.342 e. The van der Waals surface area contributed by atoms with Crippen molar-refractivity contribution in [3.63, 3.8) is 0 Å². The van der Waals surface area contributed by atoms with E-state index in [0.29, 0.717) is 17.9 Å². The number of carbonyl (C=O) groups is 2. The molecule has 5 nitrogen and oxygen atoms in total. The maximum atomic E-state index is 12.4. The van der Waals surface area contributed by atoms with Gasteiger partial charge in [0.25, 0.3) is 5.91 Å². The van der Waals surface area contributed by atoms with Gasteiger partial charge < -0.3 is 14.4 Å². The van der Waals surface area contributed by atoms with Crippen LogP contribution in [0.25, 0.3) is 0 Å². The minimum atomic E-state index is -0.553. The van der Waals surface area contributed by atoms with Crippen molar-refractivity contribution in [2.75, 3.05) is 19.7 Å². The third-order valence-corrected chi connectivity index (χ3v) is 5.26. The van der Waals surface area contributed by atoms with E-state index in [4.69, 9.17) is 9.47 Å². The smallest absolute Gasteiger partial charge is 0.342 e. The predicted molar refractivity (Wildman–Crippen MR) is 106 cm³/mol. The van der Waals surface area contributed by atoms with Gasteiger partial charge in [-0.25, -0.2) is 4.79 Å². The summed E-state index contributed by atoms with van der Waals surface area (Å²) in [6.07, 6.45) is 3.16. The standard InChI is InChI=1S/C21H22BrNO4/c22-18-10-4-2-8-16(18)14-26-19-11-5-3-9-17(19)21(25)27-15-20(24)23-12-6-1-7-13-23/h2-5,8-11H,1,6-7,12-15H2. The van der Waals surface area contributed by atoms with Gasteiger partial charge in [0.2, 0.25) is 0 Å². The van der Waals surface area contributed by atoms with Gasteiger partial charge >= 0.3 is 5.97 Å². The highest BCUT2D eigenvalue weighted by atomic mass is 79.9. The number of piperidine rings is 1. The van der Waals surface area contributed by atoms with Crippen LogP contribution in [0.1, 0.15) is 35.2 Å². The topological polar surface area (TPSA) is 55.8 Å². The van der Waals surface area contributed by atoms with Gasteiger partial charge in [0, 0.05) is 23.1 Å². The van der Waals surface area contributed by atoms with Gasteiger partial charge in [-0.1, -0.05) is 46.3 Å². The molecule has 1 aliphatic heterocycles. The Labute approximate surface area is 167 Å². The lowest BCUT2D eigenvalue weighted by Gasteiger charge is -2.26. The molecule has 27 heavy (non-hydrogen) atoms. The van der Waals surface area contributed by atoms with E-state index >= 15 is 0 Å². The molecule has 0 aromatic heterocycles. The van der Waals surface area contributed by atoms with Crippen LogP contribution in [0, 0.1) is 0 Å². The molecule has 6 heteroatoms. The highest BCUT2D eigenvalue weighted by molar-refractivity contribution is 9.10. The third kappa shape index (κ3) is 5.32. The van der Waals surface area contributed by atoms with Gasteiger partial charge in [-0.15, -0.1) is 0 Å². The van der Waals surface area contributed by atoms with Crippen molar-refractivity contribution >= 4 is 27.8 Å². The number of likely N-dealkylation sites (tertiary alicyclic amines) is 1. The van der Waals surface area contributed by atoms with E-state index in [1.165, 1.54) is 0 Å². The highest BCUT2D eigenvalue weighted by Crippen LogP contribution is 2.23. The monoisotopic (exact) mass is 431 g/mol. The molecule has 1 heterocycles. The number of hydrogen-bond donors (Lipinski definition) is 0. The summed E-state index contributed by atoms with van der Waals surface area (Å²) in [7, 11) is 0. The summed E-state index contributed by atoms with van der Waals surface area (Å²) in [4.78, 5) is 26.4. The lowest BCUT2D eigenvalue weighted by molar-refractivity contribution is -0.135. The number of hydrogen-bond acceptors (Lipinski definition) is 4. The Hall–Kier alpha value is -2.34. The molecule has 142 valence electrons. The van der Waals surface area contributed by atoms with Crippen LogP contribution in [0.4, 0.5) is 0 Å². The fourth-order valence-corrected chi connectivity index (χ4v) is 3.37. The Balaban J connectivity index is 1.60. The molecule has 2 aromatic rings. The van der Waals surface area contributed by atoms with Gasteiger partial charge in [-0.2, -0.15) is 0 Å². The molecule has 1 saturated heterocycles. The van der Waals surface area contributed by atoms with Gasteiger partial charge in [-0.3, -0.25) is 4.79 Å². The molecular weight excluding hydrogens is 410 g/mol. The highest BCUT2D eigenvalue weighted by Gasteiger charge is 2.20. The molecule has 0 N–H and O–H groups in total. The average molecular weight is 432 g/mol. The SMILES string of the molecule is O=C(OCC(=O)N1CCCCC1)c1ccccc1OCc1ccccc1Br. The van der Waals surface area contributed by atoms with Crippen molar-refractivity contribution in [3.05, 3.63) is 64.1 Å². The van der Waals surface area contributed by atoms with Gasteiger partial charge in [0.15, 0.2) is 6.61 Å². The first kappa shape index (κ1) is 19.4. The summed E-state index contributed by atoms with van der Waals surface area (Å²) in [6, 6.07) is 14.6. The van der Waals surface area contributed by atoms with Crippen LogP contribution in [0.5, 0.6) is 5.75 Å². The first-order chi connectivity index (χ1) is 13.1. The lowest BCUT2D eigenvalue weighted by Crippen LogP contribution is -2.38. The zero-order valence-corrected chi connectivity index (χ0v) is 16.6. The molecule has 1 fully saturated rings. The van der Waals surface area contributed by atoms with Crippen LogP contribution < -0.4 is 4.74 Å². The van der Waals surface area contributed by atoms with E-state index in [2.05, 4.69) is 15.9 Å². The van der Waals surface area contributed by atoms with Gasteiger partial charge in [-0.05, 0) is 37.5 Å². The minimum Gasteiger partial charge on any atom is -0.488 e. The number of esters is 1. The summed E-state index contributed by atoms with van der Waals surface area (Å²) in [6.45, 7) is 1.56. The fraction of sp³-hybridized carbons (Fsp3) is 0.333. The molecule has 1 amide bonds. The van der Waals surface area contributed by atoms with Gasteiger partial charge in [0.1, 0.15) is 17.9 Å². The Kier molecular flexibility index (Phi) is 6.87. The number of nitrogens with zero attached hydrogens (tertiary/aromatic N) is 1. The van der Waals surface area contributed by atoms with Crippen LogP contribution in [0.3, 0.4) is 0 Å². The first-order valence-corrected chi connectivity index (χ1v) is 9.84. The quantitative estimate of drug-likeness (QED) is 0.643. The number of halogens is 1. The number of rotatable bonds is 6. The number of carbonyl (C=O) groups excluding carboxylic acids is 2. The molecule has 3 rings (SSSR count). The normalized spacial score (nSPS) is 13.9. The van der Waals surface area contributed by atoms with Crippen LogP contribution in [0.15, 0.2) is 53.0 Å². The largest absolute Gasteiger partial charge is 0.488 e. The molecule has 1 aliphatic rings. The predicted octanol–water partition coefficient (Wildman–Crippen LogP) is 4.20. The van der Waals surface area contributed by atoms with Crippen molar-refractivity contribution in [1.29, 1.82) is 0 Å². The molecule has 0 saturated carbocycles. The van der Waals surface area contributed by atoms with Crippen molar-refractivity contribution in [1.82, 2.24) is 4.90 Å². The second-order valence-corrected chi connectivity index (χ2v) is 7.25. The molecule has 0 bridgehead atoms. The van der Waals surface area contributed by atoms with Crippen LogP contribution >= 0.6 is 15.9 Å². The van der Waals surface area contributed by atoms with E-state index in [-0.39, 0.29) is 12.5 Å². The van der Waals surface area contributed by atoms with Crippen molar-refractivity contribution in [3.8, 4) is 5.75 Å². The van der Waals surface area contributed by atoms with E-state index in [9.17, 15) is 9.59 Å². The summed E-state index contributed by atoms with van der Waals surface area (Å²) < 4.78 is 12.0. The molecule has 0 spiro atoms. The second-order valence-electron chi connectivity index (χ2n) is 6.39. The molecular formula is C21H22BrNO4. The van der Waals surface area contributed by atoms with Crippen LogP contribution in [-0.2, 0) is 16.1 Å². The summed E-state index contributed by atoms with van der Waals surface area (Å²) in [5, 5.41) is 0. The second kappa shape index (κ2) is 9.55. The Morgan fingerprint density at radius 1 is 0.963 bits per heavy atom. The molecule has 0 unspecified atom stereocenters. The Bertz CT molecular complexity index is 802. The third-order valence-electron chi connectivity index (χ3n) is 4.48. The fourth-order valence-electron chi connectivity index (χ4n) is 2.97. The molecule has 0 radical (unpaired) electrons. The summed E-state index contributed by atoms with van der Waals surface area (Å²) in [5.74, 6) is -0.263. The zero-order valence-electron chi connectivity index (χ0n) is 15.0. The van der Waals surface area contributed by atoms with Gasteiger partial charge in [0.05, 0.1) is 0 Å². The Morgan fingerprint density at radius 3 is 2.44 bits per heavy atom. The average Bonchev–Trinajstić information content (AvgIpc) is 2.72. The van der Waals surface area contributed by atoms with E-state index in [1.807, 2.05) is 24.3 Å². The number of amides is 1. The van der Waals surface area contributed by atoms with Crippen molar-refractivity contribution in [2.45, 2.75) is 25.9 Å². The molecule has 0 atom stereocenters. The maximum absolute atomic E-state index is 12.4. The summed E-state index contributed by atoms with van der Waals surface area (Å²) in [5.41, 5.74) is 1.29. The van der Waals surface area contributed by atoms with Crippen molar-refractivity contribution in [2.24, 2.45) is 0 Å². The van der Waals surface area contributed by atoms with E-state index in [0.717, 1.165) is 42.4 Å². The van der Waals surface area contributed by atoms with E-state index < -0.39 is 5.97 Å². The Morgan fingerprint density at radius 2 is 1.67 bits per heavy atom. The van der Waals surface area contributed by atoms with E-state index in [1.54, 1.807) is 29.2 Å². The number of para-hydroxylation sites is 1. The number of benzene rings is 2. The minimum absolute atomic E-state index is 0.144. The first-order valence-electron chi connectivity index (χ1n) is 9.05. The lowest BCUT2D eigenvalue weighted by atomic mass is 10.1. The summed E-state index contributed by atoms with van der Waals surface area (Å²) >= 11 is 3.48. The zero-order chi connectivity index (χ0) is 19.1.